The second-order valence-corrected chi connectivity index (χ2v) is 6.01. The first kappa shape index (κ1) is 16.5. The molecule has 0 amide bonds. The molecule has 0 spiro atoms. The van der Waals surface area contributed by atoms with E-state index in [1.165, 1.54) is 12.1 Å². The average Bonchev–Trinajstić information content (AvgIpc) is 3.01. The minimum Gasteiger partial charge on any atom is -0.461 e. The Bertz CT molecular complexity index is 871. The summed E-state index contributed by atoms with van der Waals surface area (Å²) < 4.78 is 19.2. The fraction of sp³-hybridized carbons (Fsp3) is 0.105. The van der Waals surface area contributed by atoms with Gasteiger partial charge in [0.2, 0.25) is 0 Å². The first-order valence-corrected chi connectivity index (χ1v) is 8.30. The number of nitrogens with one attached hydrogen (secondary N) is 1. The smallest absolute Gasteiger partial charge is 0.355 e. The number of ether oxygens (including phenoxy) is 1. The van der Waals surface area contributed by atoms with Gasteiger partial charge in [-0.1, -0.05) is 46.3 Å². The van der Waals surface area contributed by atoms with E-state index in [4.69, 9.17) is 4.74 Å². The molecule has 3 aromatic rings. The maximum Gasteiger partial charge on any atom is 0.355 e. The summed E-state index contributed by atoms with van der Waals surface area (Å²) in [7, 11) is 0. The normalized spacial score (nSPS) is 10.6. The van der Waals surface area contributed by atoms with Gasteiger partial charge in [0, 0.05) is 21.8 Å². The third kappa shape index (κ3) is 3.12. The highest BCUT2D eigenvalue weighted by Crippen LogP contribution is 2.39. The molecule has 3 nitrogen and oxygen atoms in total. The highest BCUT2D eigenvalue weighted by atomic mass is 79.9. The average molecular weight is 388 g/mol. The zero-order valence-electron chi connectivity index (χ0n) is 13.0. The van der Waals surface area contributed by atoms with E-state index in [9.17, 15) is 9.18 Å². The van der Waals surface area contributed by atoms with E-state index in [1.807, 2.05) is 24.3 Å². The van der Waals surface area contributed by atoms with Crippen LogP contribution in [0.3, 0.4) is 0 Å². The number of H-pyrrole nitrogens is 1. The van der Waals surface area contributed by atoms with Gasteiger partial charge in [0.25, 0.3) is 0 Å². The number of carbonyl (C=O) groups is 1. The summed E-state index contributed by atoms with van der Waals surface area (Å²) in [5.41, 5.74) is 3.59. The van der Waals surface area contributed by atoms with Crippen LogP contribution in [-0.2, 0) is 4.74 Å². The SMILES string of the molecule is CCOC(=O)c1[nH]cc(-c2ccc(F)cc2)c1-c1ccccc1Br. The van der Waals surface area contributed by atoms with E-state index in [1.54, 1.807) is 25.3 Å². The topological polar surface area (TPSA) is 42.1 Å². The number of hydrogen-bond donors (Lipinski definition) is 1. The Morgan fingerprint density at radius 1 is 1.12 bits per heavy atom. The van der Waals surface area contributed by atoms with E-state index in [0.717, 1.165) is 26.7 Å². The van der Waals surface area contributed by atoms with Crippen LogP contribution < -0.4 is 0 Å². The molecule has 122 valence electrons. The highest BCUT2D eigenvalue weighted by Gasteiger charge is 2.22. The molecule has 2 aromatic carbocycles. The van der Waals surface area contributed by atoms with Crippen molar-refractivity contribution < 1.29 is 13.9 Å². The quantitative estimate of drug-likeness (QED) is 0.606. The molecule has 0 unspecified atom stereocenters. The van der Waals surface area contributed by atoms with Crippen LogP contribution in [0.2, 0.25) is 0 Å². The predicted octanol–water partition coefficient (Wildman–Crippen LogP) is 5.43. The second kappa shape index (κ2) is 7.01. The summed E-state index contributed by atoms with van der Waals surface area (Å²) in [4.78, 5) is 15.3. The molecule has 0 atom stereocenters. The highest BCUT2D eigenvalue weighted by molar-refractivity contribution is 9.10. The van der Waals surface area contributed by atoms with E-state index < -0.39 is 5.97 Å². The number of carbonyl (C=O) groups excluding carboxylic acids is 1. The van der Waals surface area contributed by atoms with Gasteiger partial charge in [-0.25, -0.2) is 9.18 Å². The minimum absolute atomic E-state index is 0.291. The zero-order chi connectivity index (χ0) is 17.1. The molecular formula is C19H15BrFNO2. The molecule has 1 N–H and O–H groups in total. The monoisotopic (exact) mass is 387 g/mol. The van der Waals surface area contributed by atoms with Gasteiger partial charge in [0.1, 0.15) is 11.5 Å². The molecule has 1 aromatic heterocycles. The standard InChI is InChI=1S/C19H15BrFNO2/c1-2-24-19(23)18-17(14-5-3-4-6-16(14)20)15(11-22-18)12-7-9-13(21)10-8-12/h3-11,22H,2H2,1H3. The van der Waals surface area contributed by atoms with Crippen molar-refractivity contribution in [3.8, 4) is 22.3 Å². The van der Waals surface area contributed by atoms with Gasteiger partial charge < -0.3 is 9.72 Å². The summed E-state index contributed by atoms with van der Waals surface area (Å²) >= 11 is 3.53. The number of esters is 1. The Labute approximate surface area is 147 Å². The molecule has 0 aliphatic rings. The van der Waals surface area contributed by atoms with Gasteiger partial charge in [-0.2, -0.15) is 0 Å². The minimum atomic E-state index is -0.420. The Morgan fingerprint density at radius 3 is 2.50 bits per heavy atom. The zero-order valence-corrected chi connectivity index (χ0v) is 14.6. The molecular weight excluding hydrogens is 373 g/mol. The second-order valence-electron chi connectivity index (χ2n) is 5.16. The van der Waals surface area contributed by atoms with E-state index in [-0.39, 0.29) is 5.82 Å². The van der Waals surface area contributed by atoms with Crippen LogP contribution in [-0.4, -0.2) is 17.6 Å². The molecule has 5 heteroatoms. The summed E-state index contributed by atoms with van der Waals surface area (Å²) in [6.45, 7) is 2.05. The fourth-order valence-corrected chi connectivity index (χ4v) is 3.07. The predicted molar refractivity (Wildman–Crippen MR) is 95.3 cm³/mol. The molecule has 0 fully saturated rings. The molecule has 0 bridgehead atoms. The number of halogens is 2. The van der Waals surface area contributed by atoms with Crippen molar-refractivity contribution in [2.24, 2.45) is 0 Å². The Hall–Kier alpha value is -2.40. The van der Waals surface area contributed by atoms with Crippen molar-refractivity contribution in [1.82, 2.24) is 4.98 Å². The molecule has 0 saturated carbocycles. The molecule has 3 rings (SSSR count). The van der Waals surface area contributed by atoms with Gasteiger partial charge in [0.15, 0.2) is 0 Å². The largest absolute Gasteiger partial charge is 0.461 e. The first-order chi connectivity index (χ1) is 11.6. The molecule has 0 aliphatic heterocycles. The van der Waals surface area contributed by atoms with Gasteiger partial charge in [-0.15, -0.1) is 0 Å². The molecule has 24 heavy (non-hydrogen) atoms. The van der Waals surface area contributed by atoms with Crippen LogP contribution in [0.4, 0.5) is 4.39 Å². The van der Waals surface area contributed by atoms with Crippen molar-refractivity contribution in [3.05, 3.63) is 70.7 Å². The lowest BCUT2D eigenvalue weighted by Crippen LogP contribution is -2.06. The molecule has 0 radical (unpaired) electrons. The number of benzene rings is 2. The lowest BCUT2D eigenvalue weighted by Gasteiger charge is -2.10. The Balaban J connectivity index is 2.22. The van der Waals surface area contributed by atoms with Crippen LogP contribution in [0.5, 0.6) is 0 Å². The van der Waals surface area contributed by atoms with Gasteiger partial charge in [-0.3, -0.25) is 0 Å². The number of aromatic nitrogens is 1. The van der Waals surface area contributed by atoms with E-state index in [0.29, 0.717) is 12.3 Å². The van der Waals surface area contributed by atoms with Gasteiger partial charge >= 0.3 is 5.97 Å². The van der Waals surface area contributed by atoms with Crippen LogP contribution in [0.15, 0.2) is 59.2 Å². The van der Waals surface area contributed by atoms with Crippen LogP contribution in [0.1, 0.15) is 17.4 Å². The molecule has 0 saturated heterocycles. The first-order valence-electron chi connectivity index (χ1n) is 7.51. The van der Waals surface area contributed by atoms with Crippen molar-refractivity contribution in [3.63, 3.8) is 0 Å². The van der Waals surface area contributed by atoms with Gasteiger partial charge in [0.05, 0.1) is 6.61 Å². The third-order valence-corrected chi connectivity index (χ3v) is 4.35. The summed E-state index contributed by atoms with van der Waals surface area (Å²) in [6.07, 6.45) is 1.74. The van der Waals surface area contributed by atoms with Crippen molar-refractivity contribution in [1.29, 1.82) is 0 Å². The summed E-state index contributed by atoms with van der Waals surface area (Å²) in [5.74, 6) is -0.723. The van der Waals surface area contributed by atoms with Crippen LogP contribution in [0, 0.1) is 5.82 Å². The number of rotatable bonds is 4. The lowest BCUT2D eigenvalue weighted by atomic mass is 9.96. The van der Waals surface area contributed by atoms with Crippen LogP contribution in [0.25, 0.3) is 22.3 Å². The summed E-state index contributed by atoms with van der Waals surface area (Å²) in [6, 6.07) is 13.8. The Morgan fingerprint density at radius 2 is 1.83 bits per heavy atom. The lowest BCUT2D eigenvalue weighted by molar-refractivity contribution is 0.0521. The van der Waals surface area contributed by atoms with Crippen molar-refractivity contribution in [2.45, 2.75) is 6.92 Å². The number of hydrogen-bond acceptors (Lipinski definition) is 2. The fourth-order valence-electron chi connectivity index (χ4n) is 2.59. The number of aromatic amines is 1. The van der Waals surface area contributed by atoms with Gasteiger partial charge in [-0.05, 0) is 36.2 Å². The Kier molecular flexibility index (Phi) is 4.81. The third-order valence-electron chi connectivity index (χ3n) is 3.66. The van der Waals surface area contributed by atoms with Crippen molar-refractivity contribution >= 4 is 21.9 Å². The maximum absolute atomic E-state index is 13.2. The molecule has 1 heterocycles. The summed E-state index contributed by atoms with van der Waals surface area (Å²) in [5, 5.41) is 0. The van der Waals surface area contributed by atoms with Crippen LogP contribution >= 0.6 is 15.9 Å². The van der Waals surface area contributed by atoms with E-state index >= 15 is 0 Å². The maximum atomic E-state index is 13.2. The van der Waals surface area contributed by atoms with E-state index in [2.05, 4.69) is 20.9 Å². The molecule has 0 aliphatic carbocycles. The van der Waals surface area contributed by atoms with Crippen molar-refractivity contribution in [2.75, 3.05) is 6.61 Å².